The molecule has 0 unspecified atom stereocenters. The Bertz CT molecular complexity index is 806. The van der Waals surface area contributed by atoms with Crippen molar-refractivity contribution in [2.75, 3.05) is 0 Å². The zero-order valence-electron chi connectivity index (χ0n) is 13.4. The van der Waals surface area contributed by atoms with E-state index in [1.807, 2.05) is 0 Å². The smallest absolute Gasteiger partial charge is 0.373 e. The maximum Gasteiger partial charge on any atom is 0.426 e. The molecule has 1 aromatic carbocycles. The molecule has 2 aromatic rings. The van der Waals surface area contributed by atoms with Crippen molar-refractivity contribution in [1.29, 1.82) is 0 Å². The van der Waals surface area contributed by atoms with E-state index in [-0.39, 0.29) is 29.5 Å². The molecule has 0 fully saturated rings. The van der Waals surface area contributed by atoms with Gasteiger partial charge in [0.2, 0.25) is 0 Å². The molecule has 1 heterocycles. The quantitative estimate of drug-likeness (QED) is 0.721. The molecular formula is C15H11ClF8N2O. The highest BCUT2D eigenvalue weighted by Gasteiger charge is 2.70. The van der Waals surface area contributed by atoms with Crippen LogP contribution in [0.3, 0.4) is 0 Å². The molecule has 27 heavy (non-hydrogen) atoms. The van der Waals surface area contributed by atoms with E-state index in [1.54, 1.807) is 6.92 Å². The van der Waals surface area contributed by atoms with Crippen LogP contribution < -0.4 is 0 Å². The first kappa shape index (κ1) is 21.4. The summed E-state index contributed by atoms with van der Waals surface area (Å²) >= 11 is 5.80. The lowest BCUT2D eigenvalue weighted by molar-refractivity contribution is -0.367. The molecular weight excluding hydrogens is 412 g/mol. The summed E-state index contributed by atoms with van der Waals surface area (Å²) in [4.78, 5) is 3.80. The number of hydrogen-bond donors (Lipinski definition) is 1. The molecule has 0 radical (unpaired) electrons. The van der Waals surface area contributed by atoms with E-state index in [2.05, 4.69) is 4.98 Å². The Kier molecular flexibility index (Phi) is 5.50. The highest BCUT2D eigenvalue weighted by Crippen LogP contribution is 2.45. The summed E-state index contributed by atoms with van der Waals surface area (Å²) in [5.74, 6) is -2.81. The van der Waals surface area contributed by atoms with Gasteiger partial charge in [-0.3, -0.25) is 4.57 Å². The van der Waals surface area contributed by atoms with Crippen molar-refractivity contribution < 1.29 is 40.2 Å². The molecule has 0 saturated heterocycles. The van der Waals surface area contributed by atoms with Crippen molar-refractivity contribution in [2.45, 2.75) is 37.7 Å². The van der Waals surface area contributed by atoms with E-state index >= 15 is 0 Å². The molecule has 0 aliphatic heterocycles. The fourth-order valence-corrected chi connectivity index (χ4v) is 2.67. The number of aryl methyl sites for hydroxylation is 1. The SMILES string of the molecule is CCc1ncc(Cl)n1-c1c(F)cc(CC(O)(C(F)(F)F)C(F)(F)F)cc1F. The average molecular weight is 423 g/mol. The van der Waals surface area contributed by atoms with Gasteiger partial charge in [-0.2, -0.15) is 26.3 Å². The summed E-state index contributed by atoms with van der Waals surface area (Å²) in [6.07, 6.45) is -13.1. The van der Waals surface area contributed by atoms with Gasteiger partial charge in [-0.25, -0.2) is 13.8 Å². The van der Waals surface area contributed by atoms with Crippen LogP contribution in [0.25, 0.3) is 5.69 Å². The molecule has 1 N–H and O–H groups in total. The Morgan fingerprint density at radius 2 is 1.52 bits per heavy atom. The van der Waals surface area contributed by atoms with Crippen LogP contribution in [0.15, 0.2) is 18.3 Å². The molecule has 0 bridgehead atoms. The third-order valence-corrected chi connectivity index (χ3v) is 4.07. The third kappa shape index (κ3) is 3.75. The van der Waals surface area contributed by atoms with Crippen molar-refractivity contribution in [3.8, 4) is 5.69 Å². The van der Waals surface area contributed by atoms with E-state index in [1.165, 1.54) is 0 Å². The lowest BCUT2D eigenvalue weighted by Crippen LogP contribution is -2.58. The first-order valence-electron chi connectivity index (χ1n) is 7.29. The summed E-state index contributed by atoms with van der Waals surface area (Å²) in [5.41, 5.74) is -7.01. The molecule has 12 heteroatoms. The Hall–Kier alpha value is -1.88. The molecule has 3 nitrogen and oxygen atoms in total. The number of alkyl halides is 6. The van der Waals surface area contributed by atoms with Gasteiger partial charge in [0.1, 0.15) is 16.7 Å². The van der Waals surface area contributed by atoms with Crippen LogP contribution in [0.2, 0.25) is 5.15 Å². The summed E-state index contributed by atoms with van der Waals surface area (Å²) in [6, 6.07) is 0.549. The molecule has 2 rings (SSSR count). The standard InChI is InChI=1S/C15H11ClF8N2O/c1-2-11-25-6-10(16)26(11)12-8(17)3-7(4-9(12)18)5-13(27,14(19,20)21)15(22,23)24/h3-4,6,27H,2,5H2,1H3. The van der Waals surface area contributed by atoms with E-state index in [0.717, 1.165) is 10.8 Å². The predicted molar refractivity (Wildman–Crippen MR) is 78.6 cm³/mol. The van der Waals surface area contributed by atoms with Crippen molar-refractivity contribution in [1.82, 2.24) is 9.55 Å². The van der Waals surface area contributed by atoms with Gasteiger partial charge in [0.25, 0.3) is 5.60 Å². The Balaban J connectivity index is 2.56. The number of aliphatic hydroxyl groups is 1. The number of halogens is 9. The fourth-order valence-electron chi connectivity index (χ4n) is 2.44. The van der Waals surface area contributed by atoms with E-state index in [4.69, 9.17) is 16.7 Å². The van der Waals surface area contributed by atoms with E-state index in [9.17, 15) is 35.1 Å². The second-order valence-electron chi connectivity index (χ2n) is 5.63. The van der Waals surface area contributed by atoms with E-state index < -0.39 is 47.3 Å². The molecule has 0 spiro atoms. The second kappa shape index (κ2) is 6.93. The molecule has 0 atom stereocenters. The lowest BCUT2D eigenvalue weighted by Gasteiger charge is -2.32. The zero-order valence-corrected chi connectivity index (χ0v) is 14.1. The fraction of sp³-hybridized carbons (Fsp3) is 0.400. The lowest BCUT2D eigenvalue weighted by atomic mass is 9.92. The highest BCUT2D eigenvalue weighted by atomic mass is 35.5. The van der Waals surface area contributed by atoms with Gasteiger partial charge in [-0.15, -0.1) is 0 Å². The number of nitrogens with zero attached hydrogens (tertiary/aromatic N) is 2. The van der Waals surface area contributed by atoms with Crippen molar-refractivity contribution in [3.05, 3.63) is 46.5 Å². The topological polar surface area (TPSA) is 38.0 Å². The predicted octanol–water partition coefficient (Wildman–Crippen LogP) is 4.76. The van der Waals surface area contributed by atoms with Crippen LogP contribution in [-0.2, 0) is 12.8 Å². The zero-order chi connectivity index (χ0) is 20.8. The van der Waals surface area contributed by atoms with Gasteiger partial charge < -0.3 is 5.11 Å². The van der Waals surface area contributed by atoms with Gasteiger partial charge in [-0.05, 0) is 17.7 Å². The van der Waals surface area contributed by atoms with Gasteiger partial charge >= 0.3 is 12.4 Å². The molecule has 0 amide bonds. The van der Waals surface area contributed by atoms with Crippen LogP contribution in [0.1, 0.15) is 18.3 Å². The van der Waals surface area contributed by atoms with Gasteiger partial charge in [0, 0.05) is 12.8 Å². The minimum Gasteiger partial charge on any atom is -0.373 e. The summed E-state index contributed by atoms with van der Waals surface area (Å²) in [7, 11) is 0. The van der Waals surface area contributed by atoms with Crippen LogP contribution in [0, 0.1) is 11.6 Å². The second-order valence-corrected chi connectivity index (χ2v) is 6.01. The number of hydrogen-bond acceptors (Lipinski definition) is 2. The number of imidazole rings is 1. The Morgan fingerprint density at radius 3 is 1.93 bits per heavy atom. The molecule has 150 valence electrons. The van der Waals surface area contributed by atoms with Gasteiger partial charge in [0.15, 0.2) is 11.6 Å². The van der Waals surface area contributed by atoms with E-state index in [0.29, 0.717) is 0 Å². The van der Waals surface area contributed by atoms with Crippen LogP contribution in [-0.4, -0.2) is 32.6 Å². The number of benzene rings is 1. The van der Waals surface area contributed by atoms with Crippen molar-refractivity contribution in [3.63, 3.8) is 0 Å². The van der Waals surface area contributed by atoms with Gasteiger partial charge in [0.05, 0.1) is 6.20 Å². The van der Waals surface area contributed by atoms with Gasteiger partial charge in [-0.1, -0.05) is 18.5 Å². The van der Waals surface area contributed by atoms with Crippen LogP contribution in [0.4, 0.5) is 35.1 Å². The number of aromatic nitrogens is 2. The summed E-state index contributed by atoms with van der Waals surface area (Å²) in [5, 5.41) is 8.96. The Morgan fingerprint density at radius 1 is 1.04 bits per heavy atom. The molecule has 1 aromatic heterocycles. The van der Waals surface area contributed by atoms with Crippen LogP contribution in [0.5, 0.6) is 0 Å². The van der Waals surface area contributed by atoms with Crippen LogP contribution >= 0.6 is 11.6 Å². The molecule has 0 aliphatic rings. The largest absolute Gasteiger partial charge is 0.426 e. The van der Waals surface area contributed by atoms with Crippen molar-refractivity contribution >= 4 is 11.6 Å². The highest BCUT2D eigenvalue weighted by molar-refractivity contribution is 6.29. The minimum absolute atomic E-state index is 0.118. The average Bonchev–Trinajstić information content (AvgIpc) is 2.85. The first-order chi connectivity index (χ1) is 12.2. The number of rotatable bonds is 4. The maximum atomic E-state index is 14.3. The third-order valence-electron chi connectivity index (χ3n) is 3.81. The normalized spacial score (nSPS) is 13.3. The maximum absolute atomic E-state index is 14.3. The molecule has 0 aliphatic carbocycles. The first-order valence-corrected chi connectivity index (χ1v) is 7.67. The monoisotopic (exact) mass is 422 g/mol. The minimum atomic E-state index is -6.11. The molecule has 0 saturated carbocycles. The van der Waals surface area contributed by atoms with Crippen molar-refractivity contribution in [2.24, 2.45) is 0 Å². The Labute approximate surface area is 152 Å². The summed E-state index contributed by atoms with van der Waals surface area (Å²) in [6.45, 7) is 1.59. The summed E-state index contributed by atoms with van der Waals surface area (Å²) < 4.78 is 106.